The van der Waals surface area contributed by atoms with Gasteiger partial charge in [-0.3, -0.25) is 0 Å². The summed E-state index contributed by atoms with van der Waals surface area (Å²) in [6.07, 6.45) is -0.277. The summed E-state index contributed by atoms with van der Waals surface area (Å²) in [5, 5.41) is 0. The van der Waals surface area contributed by atoms with Crippen LogP contribution in [0.2, 0.25) is 0 Å². The molecule has 4 heteroatoms. The van der Waals surface area contributed by atoms with Gasteiger partial charge in [-0.05, 0) is 24.1 Å². The summed E-state index contributed by atoms with van der Waals surface area (Å²) < 4.78 is 39.7. The number of halogens is 3. The number of benzene rings is 1. The summed E-state index contributed by atoms with van der Waals surface area (Å²) in [4.78, 5) is 0. The molecule has 1 atom stereocenters. The summed E-state index contributed by atoms with van der Waals surface area (Å²) in [6, 6.07) is 4.25. The zero-order valence-electron chi connectivity index (χ0n) is 8.36. The average Bonchev–Trinajstić information content (AvgIpc) is 2.74. The lowest BCUT2D eigenvalue weighted by atomic mass is 9.91. The Morgan fingerprint density at radius 1 is 1.40 bits per heavy atom. The molecule has 0 bridgehead atoms. The minimum Gasteiger partial charge on any atom is -0.329 e. The molecular formula is C11H12F3N. The molecule has 0 radical (unpaired) electrons. The minimum absolute atomic E-state index is 0.149. The molecule has 1 saturated carbocycles. The van der Waals surface area contributed by atoms with Gasteiger partial charge in [0.05, 0.1) is 5.41 Å². The highest BCUT2D eigenvalue weighted by atomic mass is 19.3. The molecule has 1 aromatic rings. The van der Waals surface area contributed by atoms with E-state index in [9.17, 15) is 13.2 Å². The highest BCUT2D eigenvalue weighted by Gasteiger charge is 2.71. The molecule has 1 fully saturated rings. The molecule has 1 aliphatic carbocycles. The third kappa shape index (κ3) is 1.28. The molecule has 2 rings (SSSR count). The van der Waals surface area contributed by atoms with Crippen LogP contribution in [0.4, 0.5) is 13.2 Å². The van der Waals surface area contributed by atoms with Crippen molar-refractivity contribution in [3.05, 3.63) is 35.1 Å². The first-order valence-corrected chi connectivity index (χ1v) is 4.78. The van der Waals surface area contributed by atoms with Crippen LogP contribution in [0, 0.1) is 12.7 Å². The van der Waals surface area contributed by atoms with Crippen LogP contribution in [0.25, 0.3) is 0 Å². The topological polar surface area (TPSA) is 26.0 Å². The fraction of sp³-hybridized carbons (Fsp3) is 0.455. The van der Waals surface area contributed by atoms with Crippen LogP contribution in [0.3, 0.4) is 0 Å². The quantitative estimate of drug-likeness (QED) is 0.805. The lowest BCUT2D eigenvalue weighted by Gasteiger charge is -2.17. The van der Waals surface area contributed by atoms with Gasteiger partial charge in [0.25, 0.3) is 5.92 Å². The van der Waals surface area contributed by atoms with E-state index in [0.717, 1.165) is 0 Å². The molecule has 0 aromatic heterocycles. The molecule has 1 aromatic carbocycles. The van der Waals surface area contributed by atoms with Crippen molar-refractivity contribution in [2.45, 2.75) is 24.7 Å². The molecule has 0 spiro atoms. The second-order valence-electron chi connectivity index (χ2n) is 4.08. The van der Waals surface area contributed by atoms with Crippen molar-refractivity contribution in [2.24, 2.45) is 5.73 Å². The van der Waals surface area contributed by atoms with Gasteiger partial charge in [-0.15, -0.1) is 0 Å². The maximum Gasteiger partial charge on any atom is 0.260 e. The van der Waals surface area contributed by atoms with E-state index in [1.807, 2.05) is 0 Å². The van der Waals surface area contributed by atoms with Gasteiger partial charge >= 0.3 is 0 Å². The van der Waals surface area contributed by atoms with Crippen molar-refractivity contribution in [3.63, 3.8) is 0 Å². The summed E-state index contributed by atoms with van der Waals surface area (Å²) in [5.74, 6) is -3.25. The third-order valence-corrected chi connectivity index (χ3v) is 3.23. The zero-order chi connectivity index (χ0) is 11.3. The van der Waals surface area contributed by atoms with Gasteiger partial charge in [-0.1, -0.05) is 12.1 Å². The molecule has 1 unspecified atom stereocenters. The Labute approximate surface area is 86.1 Å². The lowest BCUT2D eigenvalue weighted by Crippen LogP contribution is -2.27. The molecule has 0 heterocycles. The normalized spacial score (nSPS) is 27.8. The second-order valence-corrected chi connectivity index (χ2v) is 4.08. The Bertz CT molecular complexity index is 403. The van der Waals surface area contributed by atoms with Gasteiger partial charge in [0.15, 0.2) is 0 Å². The number of rotatable bonds is 2. The van der Waals surface area contributed by atoms with E-state index in [0.29, 0.717) is 5.56 Å². The van der Waals surface area contributed by atoms with E-state index in [1.54, 1.807) is 0 Å². The van der Waals surface area contributed by atoms with Crippen LogP contribution in [0.15, 0.2) is 18.2 Å². The Morgan fingerprint density at radius 2 is 2.00 bits per heavy atom. The first-order chi connectivity index (χ1) is 6.94. The fourth-order valence-corrected chi connectivity index (χ4v) is 2.08. The summed E-state index contributed by atoms with van der Waals surface area (Å²) in [5.41, 5.74) is 4.68. The van der Waals surface area contributed by atoms with Crippen molar-refractivity contribution in [1.82, 2.24) is 0 Å². The number of hydrogen-bond donors (Lipinski definition) is 1. The average molecular weight is 215 g/mol. The van der Waals surface area contributed by atoms with E-state index < -0.39 is 17.2 Å². The van der Waals surface area contributed by atoms with Crippen LogP contribution in [0.5, 0.6) is 0 Å². The first-order valence-electron chi connectivity index (χ1n) is 4.78. The molecular weight excluding hydrogens is 203 g/mol. The largest absolute Gasteiger partial charge is 0.329 e. The highest BCUT2D eigenvalue weighted by molar-refractivity contribution is 5.43. The fourth-order valence-electron chi connectivity index (χ4n) is 2.08. The monoisotopic (exact) mass is 215 g/mol. The van der Waals surface area contributed by atoms with Crippen LogP contribution < -0.4 is 5.73 Å². The summed E-state index contributed by atoms with van der Waals surface area (Å²) in [7, 11) is 0. The molecule has 0 aliphatic heterocycles. The van der Waals surface area contributed by atoms with Gasteiger partial charge in [0, 0.05) is 13.0 Å². The Morgan fingerprint density at radius 3 is 2.47 bits per heavy atom. The standard InChI is InChI=1S/C11H12F3N/c1-7-8(3-2-4-9(7)12)10(6-15)5-11(10,13)14/h2-4H,5-6,15H2,1H3. The van der Waals surface area contributed by atoms with Crippen LogP contribution in [-0.4, -0.2) is 12.5 Å². The minimum atomic E-state index is -2.79. The zero-order valence-corrected chi connectivity index (χ0v) is 8.36. The van der Waals surface area contributed by atoms with Gasteiger partial charge in [0.2, 0.25) is 0 Å². The molecule has 2 N–H and O–H groups in total. The molecule has 82 valence electrons. The van der Waals surface area contributed by atoms with E-state index in [2.05, 4.69) is 0 Å². The van der Waals surface area contributed by atoms with E-state index in [1.165, 1.54) is 25.1 Å². The summed E-state index contributed by atoms with van der Waals surface area (Å²) in [6.45, 7) is 1.36. The van der Waals surface area contributed by atoms with Gasteiger partial charge in [-0.25, -0.2) is 13.2 Å². The van der Waals surface area contributed by atoms with Crippen molar-refractivity contribution < 1.29 is 13.2 Å². The Hall–Kier alpha value is -1.03. The van der Waals surface area contributed by atoms with Crippen LogP contribution in [-0.2, 0) is 5.41 Å². The predicted octanol–water partition coefficient (Wildman–Crippen LogP) is 2.37. The molecule has 0 amide bonds. The number of nitrogens with two attached hydrogens (primary N) is 1. The lowest BCUT2D eigenvalue weighted by molar-refractivity contribution is 0.0894. The van der Waals surface area contributed by atoms with Crippen molar-refractivity contribution in [3.8, 4) is 0 Å². The smallest absolute Gasteiger partial charge is 0.260 e. The maximum atomic E-state index is 13.2. The van der Waals surface area contributed by atoms with Crippen LogP contribution >= 0.6 is 0 Å². The van der Waals surface area contributed by atoms with Gasteiger partial charge < -0.3 is 5.73 Å². The van der Waals surface area contributed by atoms with E-state index >= 15 is 0 Å². The Balaban J connectivity index is 2.51. The molecule has 1 aliphatic rings. The highest BCUT2D eigenvalue weighted by Crippen LogP contribution is 2.61. The van der Waals surface area contributed by atoms with Gasteiger partial charge in [-0.2, -0.15) is 0 Å². The number of alkyl halides is 2. The first kappa shape index (κ1) is 10.5. The molecule has 1 nitrogen and oxygen atoms in total. The SMILES string of the molecule is Cc1c(F)cccc1C1(CN)CC1(F)F. The van der Waals surface area contributed by atoms with Crippen molar-refractivity contribution in [1.29, 1.82) is 0 Å². The third-order valence-electron chi connectivity index (χ3n) is 3.23. The Kier molecular flexibility index (Phi) is 2.08. The van der Waals surface area contributed by atoms with Crippen LogP contribution in [0.1, 0.15) is 17.5 Å². The molecule has 0 saturated heterocycles. The van der Waals surface area contributed by atoms with Crippen molar-refractivity contribution >= 4 is 0 Å². The van der Waals surface area contributed by atoms with E-state index in [-0.39, 0.29) is 18.5 Å². The van der Waals surface area contributed by atoms with Gasteiger partial charge in [0.1, 0.15) is 5.82 Å². The maximum absolute atomic E-state index is 13.2. The van der Waals surface area contributed by atoms with Crippen molar-refractivity contribution in [2.75, 3.05) is 6.54 Å². The number of hydrogen-bond acceptors (Lipinski definition) is 1. The second kappa shape index (κ2) is 2.98. The van der Waals surface area contributed by atoms with E-state index in [4.69, 9.17) is 5.73 Å². The predicted molar refractivity (Wildman–Crippen MR) is 51.4 cm³/mol. The summed E-state index contributed by atoms with van der Waals surface area (Å²) >= 11 is 0. The molecule has 15 heavy (non-hydrogen) atoms.